The first-order valence-electron chi connectivity index (χ1n) is 13.8. The molecule has 0 spiro atoms. The molecule has 1 aromatic heterocycles. The second kappa shape index (κ2) is 12.7. The summed E-state index contributed by atoms with van der Waals surface area (Å²) in [5.41, 5.74) is 4.74. The topological polar surface area (TPSA) is 44.4 Å². The Morgan fingerprint density at radius 1 is 1.18 bits per heavy atom. The van der Waals surface area contributed by atoms with Crippen LogP contribution >= 0.6 is 11.3 Å². The van der Waals surface area contributed by atoms with Gasteiger partial charge in [-0.25, -0.2) is 0 Å². The smallest absolute Gasteiger partial charge is 0.255 e. The van der Waals surface area contributed by atoms with E-state index < -0.39 is 5.54 Å². The van der Waals surface area contributed by atoms with E-state index in [4.69, 9.17) is 0 Å². The molecule has 38 heavy (non-hydrogen) atoms. The van der Waals surface area contributed by atoms with E-state index in [1.807, 2.05) is 6.92 Å². The highest BCUT2D eigenvalue weighted by molar-refractivity contribution is 7.08. The molecule has 1 aromatic carbocycles. The summed E-state index contributed by atoms with van der Waals surface area (Å²) in [6, 6.07) is 10.9. The molecule has 204 valence electrons. The molecule has 2 N–H and O–H groups in total. The fraction of sp³-hybridized carbons (Fsp3) is 0.424. The van der Waals surface area contributed by atoms with Gasteiger partial charge in [0.25, 0.3) is 5.91 Å². The van der Waals surface area contributed by atoms with Crippen LogP contribution in [0.3, 0.4) is 0 Å². The van der Waals surface area contributed by atoms with Crippen LogP contribution in [-0.4, -0.2) is 29.4 Å². The third-order valence-electron chi connectivity index (χ3n) is 8.02. The molecule has 1 aliphatic rings. The van der Waals surface area contributed by atoms with Gasteiger partial charge in [-0.05, 0) is 85.5 Å². The maximum Gasteiger partial charge on any atom is 0.255 e. The molecule has 1 unspecified atom stereocenters. The molecule has 1 aliphatic heterocycles. The van der Waals surface area contributed by atoms with E-state index in [0.717, 1.165) is 37.1 Å². The van der Waals surface area contributed by atoms with Crippen molar-refractivity contribution in [2.24, 2.45) is 0 Å². The number of carbonyl (C=O) groups is 1. The molecular formula is C33H45N3OS. The number of allylic oxidation sites excluding steroid dienone is 2. The lowest BCUT2D eigenvalue weighted by Gasteiger charge is -2.48. The first kappa shape index (κ1) is 29.5. The lowest BCUT2D eigenvalue weighted by atomic mass is 9.83. The fourth-order valence-electron chi connectivity index (χ4n) is 5.37. The van der Waals surface area contributed by atoms with Crippen molar-refractivity contribution in [3.05, 3.63) is 94.5 Å². The van der Waals surface area contributed by atoms with Gasteiger partial charge in [-0.1, -0.05) is 75.9 Å². The number of nitrogens with zero attached hydrogens (tertiary/aromatic N) is 1. The van der Waals surface area contributed by atoms with Gasteiger partial charge < -0.3 is 15.5 Å². The van der Waals surface area contributed by atoms with Crippen molar-refractivity contribution in [1.29, 1.82) is 0 Å². The number of thiophene rings is 1. The number of hydrogen-bond donors (Lipinski definition) is 2. The summed E-state index contributed by atoms with van der Waals surface area (Å²) in [7, 11) is 2.06. The third-order valence-corrected chi connectivity index (χ3v) is 8.70. The van der Waals surface area contributed by atoms with E-state index in [-0.39, 0.29) is 17.5 Å². The first-order chi connectivity index (χ1) is 18.2. The minimum absolute atomic E-state index is 0.108. The average Bonchev–Trinajstić information content (AvgIpc) is 3.45. The van der Waals surface area contributed by atoms with Gasteiger partial charge in [-0.15, -0.1) is 0 Å². The number of benzene rings is 1. The zero-order valence-electron chi connectivity index (χ0n) is 24.2. The van der Waals surface area contributed by atoms with Crippen molar-refractivity contribution in [2.45, 2.75) is 84.3 Å². The number of carbonyl (C=O) groups excluding carboxylic acids is 1. The summed E-state index contributed by atoms with van der Waals surface area (Å²) in [4.78, 5) is 16.2. The van der Waals surface area contributed by atoms with Gasteiger partial charge in [0, 0.05) is 12.6 Å². The van der Waals surface area contributed by atoms with Gasteiger partial charge in [0.05, 0.1) is 17.2 Å². The predicted octanol–water partition coefficient (Wildman–Crippen LogP) is 7.93. The van der Waals surface area contributed by atoms with Crippen LogP contribution in [-0.2, 0) is 10.3 Å². The molecule has 1 fully saturated rings. The quantitative estimate of drug-likeness (QED) is 0.242. The van der Waals surface area contributed by atoms with Crippen LogP contribution in [0.5, 0.6) is 0 Å². The molecule has 4 nitrogen and oxygen atoms in total. The standard InChI is InChI=1S/C33H45N3OS/c1-9-14-25(15-10-2)29-22-32(6,7)36(8)30(34-29)28(11-3)31(37)35-33(12-4,13-5)27-18-16-24(17-19-27)26-20-21-38-23-26/h9,11,14-21,23,29,34H,3,10,12-13,22H2,1-2,4-8H3,(H,35,37)/b14-9-,25-15+,30-28+. The van der Waals surface area contributed by atoms with Gasteiger partial charge in [-0.2, -0.15) is 11.3 Å². The highest BCUT2D eigenvalue weighted by Crippen LogP contribution is 2.35. The first-order valence-corrected chi connectivity index (χ1v) is 14.8. The van der Waals surface area contributed by atoms with Gasteiger partial charge in [0.1, 0.15) is 5.82 Å². The number of rotatable bonds is 10. The van der Waals surface area contributed by atoms with E-state index in [1.54, 1.807) is 17.4 Å². The summed E-state index contributed by atoms with van der Waals surface area (Å²) in [6.07, 6.45) is 11.7. The minimum atomic E-state index is -0.473. The van der Waals surface area contributed by atoms with Crippen LogP contribution in [0.1, 0.15) is 72.8 Å². The average molecular weight is 532 g/mol. The lowest BCUT2D eigenvalue weighted by Crippen LogP contribution is -2.57. The summed E-state index contributed by atoms with van der Waals surface area (Å²) in [6.45, 7) is 17.0. The molecule has 1 amide bonds. The Bertz CT molecular complexity index is 1180. The van der Waals surface area contributed by atoms with E-state index in [1.165, 1.54) is 16.7 Å². The molecular weight excluding hydrogens is 486 g/mol. The van der Waals surface area contributed by atoms with Crippen LogP contribution in [0.4, 0.5) is 0 Å². The molecule has 1 atom stereocenters. The van der Waals surface area contributed by atoms with Crippen molar-refractivity contribution < 1.29 is 4.79 Å². The molecule has 0 radical (unpaired) electrons. The summed E-state index contributed by atoms with van der Waals surface area (Å²) in [5.74, 6) is 0.711. The van der Waals surface area contributed by atoms with Crippen LogP contribution in [0.2, 0.25) is 0 Å². The van der Waals surface area contributed by atoms with Crippen molar-refractivity contribution in [3.63, 3.8) is 0 Å². The Balaban J connectivity index is 1.98. The maximum absolute atomic E-state index is 14.0. The lowest BCUT2D eigenvalue weighted by molar-refractivity contribution is -0.119. The normalized spacial score (nSPS) is 19.3. The molecule has 1 saturated heterocycles. The predicted molar refractivity (Wildman–Crippen MR) is 164 cm³/mol. The highest BCUT2D eigenvalue weighted by atomic mass is 32.1. The van der Waals surface area contributed by atoms with Gasteiger partial charge >= 0.3 is 0 Å². The van der Waals surface area contributed by atoms with Crippen LogP contribution in [0.15, 0.2) is 88.9 Å². The molecule has 2 heterocycles. The third kappa shape index (κ3) is 6.15. The number of amides is 1. The van der Waals surface area contributed by atoms with Crippen LogP contribution in [0, 0.1) is 0 Å². The fourth-order valence-corrected chi connectivity index (χ4v) is 6.03. The Labute approximate surface area is 234 Å². The maximum atomic E-state index is 14.0. The second-order valence-electron chi connectivity index (χ2n) is 10.7. The molecule has 2 aromatic rings. The minimum Gasteiger partial charge on any atom is -0.364 e. The van der Waals surface area contributed by atoms with Gasteiger partial charge in [0.2, 0.25) is 0 Å². The monoisotopic (exact) mass is 531 g/mol. The van der Waals surface area contributed by atoms with Gasteiger partial charge in [0.15, 0.2) is 0 Å². The van der Waals surface area contributed by atoms with Gasteiger partial charge in [-0.3, -0.25) is 4.79 Å². The zero-order chi connectivity index (χ0) is 27.9. The van der Waals surface area contributed by atoms with Crippen LogP contribution in [0.25, 0.3) is 11.1 Å². The number of hydrogen-bond acceptors (Lipinski definition) is 4. The zero-order valence-corrected chi connectivity index (χ0v) is 25.0. The van der Waals surface area contributed by atoms with E-state index >= 15 is 0 Å². The Morgan fingerprint density at radius 2 is 1.87 bits per heavy atom. The number of nitrogens with one attached hydrogen (secondary N) is 2. The molecule has 3 rings (SSSR count). The Kier molecular flexibility index (Phi) is 9.83. The summed E-state index contributed by atoms with van der Waals surface area (Å²) >= 11 is 1.70. The summed E-state index contributed by atoms with van der Waals surface area (Å²) < 4.78 is 0. The van der Waals surface area contributed by atoms with Crippen LogP contribution < -0.4 is 10.6 Å². The largest absolute Gasteiger partial charge is 0.364 e. The van der Waals surface area contributed by atoms with Crippen molar-refractivity contribution in [1.82, 2.24) is 15.5 Å². The van der Waals surface area contributed by atoms with E-state index in [2.05, 4.69) is 123 Å². The van der Waals surface area contributed by atoms with Crippen molar-refractivity contribution in [2.75, 3.05) is 7.05 Å². The molecule has 0 bridgehead atoms. The van der Waals surface area contributed by atoms with Crippen molar-refractivity contribution >= 4 is 17.2 Å². The Hall–Kier alpha value is -3.05. The Morgan fingerprint density at radius 3 is 2.39 bits per heavy atom. The summed E-state index contributed by atoms with van der Waals surface area (Å²) in [5, 5.41) is 11.4. The van der Waals surface area contributed by atoms with Crippen molar-refractivity contribution in [3.8, 4) is 11.1 Å². The molecule has 0 saturated carbocycles. The SMILES string of the molecule is C=C/C(C(=O)NC(CC)(CC)c1ccc(-c2ccsc2)cc1)=C1/NC(C(/C=C\C)=C/CC)CC(C)(C)N1C. The second-order valence-corrected chi connectivity index (χ2v) is 11.5. The molecule has 0 aliphatic carbocycles. The van der Waals surface area contributed by atoms with E-state index in [0.29, 0.717) is 5.57 Å². The molecule has 5 heteroatoms. The van der Waals surface area contributed by atoms with E-state index in [9.17, 15) is 4.79 Å². The highest BCUT2D eigenvalue weighted by Gasteiger charge is 2.39.